The van der Waals surface area contributed by atoms with E-state index >= 15 is 0 Å². The Morgan fingerprint density at radius 2 is 1.79 bits per heavy atom. The highest BCUT2D eigenvalue weighted by Gasteiger charge is 2.38. The van der Waals surface area contributed by atoms with Gasteiger partial charge in [-0.25, -0.2) is 0 Å². The zero-order valence-electron chi connectivity index (χ0n) is 9.64. The Morgan fingerprint density at radius 1 is 1.21 bits per heavy atom. The molecule has 4 heteroatoms. The van der Waals surface area contributed by atoms with Crippen LogP contribution < -0.4 is 4.98 Å². The Morgan fingerprint density at radius 3 is 2.21 bits per heavy atom. The van der Waals surface area contributed by atoms with Crippen LogP contribution in [0, 0.1) is 0 Å². The maximum absolute atomic E-state index is 5.60. The molecule has 1 saturated carbocycles. The molecule has 1 N–H and O–H groups in total. The molecule has 14 heavy (non-hydrogen) atoms. The molecule has 1 fully saturated rings. The lowest BCUT2D eigenvalue weighted by molar-refractivity contribution is 0.220. The molecule has 0 heterocycles. The summed E-state index contributed by atoms with van der Waals surface area (Å²) in [6, 6.07) is 1.67. The quantitative estimate of drug-likeness (QED) is 0.692. The van der Waals surface area contributed by atoms with Gasteiger partial charge in [0.25, 0.3) is 0 Å². The van der Waals surface area contributed by atoms with Crippen molar-refractivity contribution in [1.29, 1.82) is 0 Å². The summed E-state index contributed by atoms with van der Waals surface area (Å²) < 4.78 is 11.2. The molecule has 0 radical (unpaired) electrons. The molecule has 84 valence electrons. The van der Waals surface area contributed by atoms with Crippen LogP contribution in [0.4, 0.5) is 0 Å². The van der Waals surface area contributed by atoms with Crippen molar-refractivity contribution < 1.29 is 8.85 Å². The van der Waals surface area contributed by atoms with Crippen LogP contribution in [-0.2, 0) is 8.85 Å². The Labute approximate surface area is 88.5 Å². The van der Waals surface area contributed by atoms with E-state index in [1.54, 1.807) is 14.2 Å². The van der Waals surface area contributed by atoms with Crippen LogP contribution in [0.5, 0.6) is 0 Å². The van der Waals surface area contributed by atoms with Crippen LogP contribution in [0.3, 0.4) is 0 Å². The molecule has 0 saturated heterocycles. The molecule has 0 bridgehead atoms. The van der Waals surface area contributed by atoms with Crippen LogP contribution >= 0.6 is 0 Å². The monoisotopic (exact) mass is 217 g/mol. The summed E-state index contributed by atoms with van der Waals surface area (Å²) in [5, 5.41) is 0. The van der Waals surface area contributed by atoms with Gasteiger partial charge >= 0.3 is 8.72 Å². The van der Waals surface area contributed by atoms with Crippen molar-refractivity contribution in [3.05, 3.63) is 0 Å². The third kappa shape index (κ3) is 3.05. The molecule has 1 rings (SSSR count). The van der Waals surface area contributed by atoms with Gasteiger partial charge in [0.05, 0.1) is 0 Å². The van der Waals surface area contributed by atoms with Crippen molar-refractivity contribution in [3.63, 3.8) is 0 Å². The third-order valence-electron chi connectivity index (χ3n) is 3.02. The van der Waals surface area contributed by atoms with Gasteiger partial charge < -0.3 is 8.85 Å². The molecule has 1 aliphatic carbocycles. The van der Waals surface area contributed by atoms with E-state index in [1.165, 1.54) is 25.7 Å². The van der Waals surface area contributed by atoms with Crippen molar-refractivity contribution in [2.24, 2.45) is 0 Å². The summed E-state index contributed by atoms with van der Waals surface area (Å²) in [6.45, 7) is 2.18. The van der Waals surface area contributed by atoms with Crippen LogP contribution in [-0.4, -0.2) is 29.0 Å². The lowest BCUT2D eigenvalue weighted by Gasteiger charge is -2.30. The predicted octanol–water partition coefficient (Wildman–Crippen LogP) is 2.16. The molecule has 0 spiro atoms. The summed E-state index contributed by atoms with van der Waals surface area (Å²) in [5.41, 5.74) is 0. The lowest BCUT2D eigenvalue weighted by atomic mass is 10.3. The second-order valence-corrected chi connectivity index (χ2v) is 7.15. The molecule has 0 aromatic carbocycles. The largest absolute Gasteiger partial charge is 0.424 e. The number of hydrogen-bond acceptors (Lipinski definition) is 3. The lowest BCUT2D eigenvalue weighted by Crippen LogP contribution is -2.58. The van der Waals surface area contributed by atoms with E-state index < -0.39 is 8.72 Å². The summed E-state index contributed by atoms with van der Waals surface area (Å²) >= 11 is 0. The summed E-state index contributed by atoms with van der Waals surface area (Å²) in [5.74, 6) is 0. The van der Waals surface area contributed by atoms with Gasteiger partial charge in [0.15, 0.2) is 0 Å². The first-order valence-corrected chi connectivity index (χ1v) is 7.66. The second kappa shape index (κ2) is 5.85. The van der Waals surface area contributed by atoms with E-state index in [2.05, 4.69) is 11.9 Å². The first kappa shape index (κ1) is 12.2. The van der Waals surface area contributed by atoms with Gasteiger partial charge in [0.1, 0.15) is 0 Å². The van der Waals surface area contributed by atoms with E-state index in [0.29, 0.717) is 6.04 Å². The third-order valence-corrected chi connectivity index (χ3v) is 6.34. The molecular weight excluding hydrogens is 194 g/mol. The standard InChI is InChI=1S/C10H23NO2Si/c1-4-9-14(12-2,13-3)11-10-7-5-6-8-10/h10-11H,4-9H2,1-3H3. The highest BCUT2D eigenvalue weighted by atomic mass is 28.4. The first-order valence-electron chi connectivity index (χ1n) is 5.64. The zero-order chi connectivity index (χ0) is 10.4. The predicted molar refractivity (Wildman–Crippen MR) is 60.3 cm³/mol. The molecule has 0 amide bonds. The Balaban J connectivity index is 2.47. The first-order chi connectivity index (χ1) is 6.76. The van der Waals surface area contributed by atoms with Crippen LogP contribution in [0.15, 0.2) is 0 Å². The van der Waals surface area contributed by atoms with Gasteiger partial charge in [-0.3, -0.25) is 4.98 Å². The Hall–Kier alpha value is 0.0969. The Kier molecular flexibility index (Phi) is 5.09. The van der Waals surface area contributed by atoms with Gasteiger partial charge in [-0.15, -0.1) is 0 Å². The molecule has 0 atom stereocenters. The average molecular weight is 217 g/mol. The highest BCUT2D eigenvalue weighted by molar-refractivity contribution is 6.64. The molecular formula is C10H23NO2Si. The van der Waals surface area contributed by atoms with Gasteiger partial charge in [-0.1, -0.05) is 26.2 Å². The molecule has 1 aliphatic rings. The minimum absolute atomic E-state index is 0.633. The molecule has 0 unspecified atom stereocenters. The van der Waals surface area contributed by atoms with Crippen molar-refractivity contribution in [3.8, 4) is 0 Å². The van der Waals surface area contributed by atoms with E-state index in [0.717, 1.165) is 12.5 Å². The normalized spacial score (nSPS) is 19.1. The number of hydrogen-bond donors (Lipinski definition) is 1. The van der Waals surface area contributed by atoms with Crippen molar-refractivity contribution in [1.82, 2.24) is 4.98 Å². The minimum atomic E-state index is -2.06. The Bertz CT molecular complexity index is 156. The fraction of sp³-hybridized carbons (Fsp3) is 1.00. The molecule has 3 nitrogen and oxygen atoms in total. The molecule has 0 aromatic heterocycles. The highest BCUT2D eigenvalue weighted by Crippen LogP contribution is 2.21. The smallest absolute Gasteiger partial charge is 0.386 e. The fourth-order valence-corrected chi connectivity index (χ4v) is 4.71. The summed E-state index contributed by atoms with van der Waals surface area (Å²) in [7, 11) is 1.48. The fourth-order valence-electron chi connectivity index (χ4n) is 2.19. The average Bonchev–Trinajstić information content (AvgIpc) is 2.69. The van der Waals surface area contributed by atoms with Crippen LogP contribution in [0.25, 0.3) is 0 Å². The van der Waals surface area contributed by atoms with Crippen molar-refractivity contribution >= 4 is 8.72 Å². The number of rotatable bonds is 6. The van der Waals surface area contributed by atoms with E-state index in [-0.39, 0.29) is 0 Å². The maximum Gasteiger partial charge on any atom is 0.424 e. The van der Waals surface area contributed by atoms with Gasteiger partial charge in [0, 0.05) is 26.3 Å². The van der Waals surface area contributed by atoms with Crippen molar-refractivity contribution in [2.45, 2.75) is 51.1 Å². The van der Waals surface area contributed by atoms with Crippen LogP contribution in [0.1, 0.15) is 39.0 Å². The number of nitrogens with one attached hydrogen (secondary N) is 1. The van der Waals surface area contributed by atoms with E-state index in [9.17, 15) is 0 Å². The van der Waals surface area contributed by atoms with E-state index in [4.69, 9.17) is 8.85 Å². The summed E-state index contributed by atoms with van der Waals surface area (Å²) in [6.07, 6.45) is 6.38. The minimum Gasteiger partial charge on any atom is -0.386 e. The molecule has 0 aliphatic heterocycles. The second-order valence-electron chi connectivity index (χ2n) is 4.04. The van der Waals surface area contributed by atoms with Gasteiger partial charge in [-0.05, 0) is 12.8 Å². The van der Waals surface area contributed by atoms with E-state index in [1.807, 2.05) is 0 Å². The van der Waals surface area contributed by atoms with Crippen molar-refractivity contribution in [2.75, 3.05) is 14.2 Å². The maximum atomic E-state index is 5.60. The molecule has 0 aromatic rings. The SMILES string of the molecule is CCC[Si](NC1CCCC1)(OC)OC. The topological polar surface area (TPSA) is 30.5 Å². The van der Waals surface area contributed by atoms with Gasteiger partial charge in [-0.2, -0.15) is 0 Å². The van der Waals surface area contributed by atoms with Gasteiger partial charge in [0.2, 0.25) is 0 Å². The zero-order valence-corrected chi connectivity index (χ0v) is 10.6. The summed E-state index contributed by atoms with van der Waals surface area (Å²) in [4.78, 5) is 3.62. The van der Waals surface area contributed by atoms with Crippen LogP contribution in [0.2, 0.25) is 6.04 Å².